The van der Waals surface area contributed by atoms with Gasteiger partial charge in [0, 0.05) is 6.61 Å². The normalized spacial score (nSPS) is 16.8. The third-order valence-electron chi connectivity index (χ3n) is 3.99. The topological polar surface area (TPSA) is 9.23 Å². The van der Waals surface area contributed by atoms with Gasteiger partial charge >= 0.3 is 0 Å². The highest BCUT2D eigenvalue weighted by atomic mass is 16.5. The van der Waals surface area contributed by atoms with Gasteiger partial charge in [-0.3, -0.25) is 0 Å². The van der Waals surface area contributed by atoms with Crippen molar-refractivity contribution >= 4 is 12.2 Å². The fraction of sp³-hybridized carbons (Fsp3) is 0.625. The van der Waals surface area contributed by atoms with Gasteiger partial charge in [-0.1, -0.05) is 62.6 Å². The number of rotatable bonds is 5. The summed E-state index contributed by atoms with van der Waals surface area (Å²) >= 11 is 0. The zero-order valence-corrected chi connectivity index (χ0v) is 11.8. The molecule has 0 unspecified atom stereocenters. The van der Waals surface area contributed by atoms with Crippen LogP contribution in [0.3, 0.4) is 0 Å². The first-order valence-corrected chi connectivity index (χ1v) is 7.42. The van der Waals surface area contributed by atoms with Crippen LogP contribution < -0.4 is 5.46 Å². The van der Waals surface area contributed by atoms with Gasteiger partial charge in [0.2, 0.25) is 0 Å². The minimum Gasteiger partial charge on any atom is -0.376 e. The summed E-state index contributed by atoms with van der Waals surface area (Å²) in [5.74, 6) is 0.814. The van der Waals surface area contributed by atoms with Crippen LogP contribution in [0.1, 0.15) is 37.7 Å². The third kappa shape index (κ3) is 4.17. The molecule has 1 aromatic carbocycles. The van der Waals surface area contributed by atoms with Crippen molar-refractivity contribution in [3.05, 3.63) is 29.8 Å². The Hall–Kier alpha value is -0.755. The second-order valence-electron chi connectivity index (χ2n) is 5.92. The first-order chi connectivity index (χ1) is 8.75. The van der Waals surface area contributed by atoms with Crippen molar-refractivity contribution in [3.8, 4) is 0 Å². The number of ether oxygens (including phenoxy) is 1. The van der Waals surface area contributed by atoms with Crippen molar-refractivity contribution in [1.82, 2.24) is 0 Å². The van der Waals surface area contributed by atoms with Crippen LogP contribution >= 0.6 is 0 Å². The molecule has 0 bridgehead atoms. The Bertz CT molecular complexity index is 339. The number of hydrogen-bond acceptors (Lipinski definition) is 1. The first-order valence-electron chi connectivity index (χ1n) is 7.42. The van der Waals surface area contributed by atoms with Crippen molar-refractivity contribution in [2.75, 3.05) is 6.61 Å². The molecule has 0 N–H and O–H groups in total. The van der Waals surface area contributed by atoms with E-state index in [0.29, 0.717) is 6.71 Å². The summed E-state index contributed by atoms with van der Waals surface area (Å²) < 4.78 is 5.86. The Kier molecular flexibility index (Phi) is 5.31. The lowest BCUT2D eigenvalue weighted by molar-refractivity contribution is 0.0739. The van der Waals surface area contributed by atoms with Crippen LogP contribution in [0.25, 0.3) is 0 Å². The fourth-order valence-corrected chi connectivity index (χ4v) is 2.70. The predicted octanol–water partition coefficient (Wildman–Crippen LogP) is 3.74. The molecule has 0 heterocycles. The molecule has 1 aliphatic carbocycles. The van der Waals surface area contributed by atoms with E-state index in [1.165, 1.54) is 43.1 Å². The molecule has 0 aromatic heterocycles. The average Bonchev–Trinajstić information content (AvgIpc) is 2.40. The van der Waals surface area contributed by atoms with E-state index in [4.69, 9.17) is 4.74 Å². The molecule has 2 rings (SSSR count). The maximum atomic E-state index is 5.86. The van der Waals surface area contributed by atoms with Crippen LogP contribution in [0.4, 0.5) is 0 Å². The Balaban J connectivity index is 1.72. The van der Waals surface area contributed by atoms with Crippen molar-refractivity contribution in [2.45, 2.75) is 52.4 Å². The molecule has 0 amide bonds. The molecule has 0 spiro atoms. The smallest absolute Gasteiger partial charge is 0.169 e. The van der Waals surface area contributed by atoms with E-state index in [9.17, 15) is 0 Å². The maximum Gasteiger partial charge on any atom is 0.169 e. The second-order valence-corrected chi connectivity index (χ2v) is 5.92. The van der Waals surface area contributed by atoms with Gasteiger partial charge < -0.3 is 4.74 Å². The Morgan fingerprint density at radius 1 is 1.06 bits per heavy atom. The summed E-state index contributed by atoms with van der Waals surface area (Å²) in [7, 11) is 0. The molecular weight excluding hydrogens is 219 g/mol. The van der Waals surface area contributed by atoms with Crippen LogP contribution in [0, 0.1) is 5.92 Å². The van der Waals surface area contributed by atoms with Crippen LogP contribution in [0.5, 0.6) is 0 Å². The predicted molar refractivity (Wildman–Crippen MR) is 79.8 cm³/mol. The standard InChI is InChI=1S/C16H25BO/c1-17(2)16-10-8-15(9-11-16)13-18-12-14-6-4-3-5-7-14/h8-11,14H,3-7,12-13H2,1-2H3. The van der Waals surface area contributed by atoms with Crippen molar-refractivity contribution in [2.24, 2.45) is 5.92 Å². The fourth-order valence-electron chi connectivity index (χ4n) is 2.70. The van der Waals surface area contributed by atoms with Gasteiger partial charge in [-0.05, 0) is 24.3 Å². The second kappa shape index (κ2) is 6.99. The van der Waals surface area contributed by atoms with Crippen LogP contribution in [-0.2, 0) is 11.3 Å². The van der Waals surface area contributed by atoms with Gasteiger partial charge in [-0.2, -0.15) is 0 Å². The highest BCUT2D eigenvalue weighted by Crippen LogP contribution is 2.23. The Morgan fingerprint density at radius 3 is 2.33 bits per heavy atom. The molecule has 1 saturated carbocycles. The van der Waals surface area contributed by atoms with E-state index in [2.05, 4.69) is 37.9 Å². The summed E-state index contributed by atoms with van der Waals surface area (Å²) in [5, 5.41) is 0. The monoisotopic (exact) mass is 244 g/mol. The molecule has 0 radical (unpaired) electrons. The van der Waals surface area contributed by atoms with E-state index >= 15 is 0 Å². The molecule has 0 atom stereocenters. The molecule has 98 valence electrons. The van der Waals surface area contributed by atoms with E-state index in [1.54, 1.807) is 0 Å². The Morgan fingerprint density at radius 2 is 1.72 bits per heavy atom. The lowest BCUT2D eigenvalue weighted by Gasteiger charge is -2.21. The van der Waals surface area contributed by atoms with E-state index in [1.807, 2.05) is 0 Å². The van der Waals surface area contributed by atoms with Crippen LogP contribution in [0.2, 0.25) is 13.6 Å². The van der Waals surface area contributed by atoms with E-state index in [-0.39, 0.29) is 0 Å². The van der Waals surface area contributed by atoms with Gasteiger partial charge in [0.1, 0.15) is 0 Å². The zero-order valence-electron chi connectivity index (χ0n) is 11.8. The number of hydrogen-bond donors (Lipinski definition) is 0. The van der Waals surface area contributed by atoms with E-state index in [0.717, 1.165) is 19.1 Å². The molecular formula is C16H25BO. The van der Waals surface area contributed by atoms with Crippen molar-refractivity contribution < 1.29 is 4.74 Å². The van der Waals surface area contributed by atoms with Gasteiger partial charge in [-0.25, -0.2) is 0 Å². The third-order valence-corrected chi connectivity index (χ3v) is 3.99. The van der Waals surface area contributed by atoms with Gasteiger partial charge in [0.05, 0.1) is 6.61 Å². The highest BCUT2D eigenvalue weighted by Gasteiger charge is 2.13. The molecule has 0 saturated heterocycles. The van der Waals surface area contributed by atoms with Gasteiger partial charge in [0.25, 0.3) is 0 Å². The summed E-state index contributed by atoms with van der Waals surface area (Å²) in [6.45, 7) is 6.80. The molecule has 1 aromatic rings. The highest BCUT2D eigenvalue weighted by molar-refractivity contribution is 6.70. The van der Waals surface area contributed by atoms with Crippen molar-refractivity contribution in [3.63, 3.8) is 0 Å². The number of benzene rings is 1. The molecule has 1 aliphatic rings. The molecule has 1 fully saturated rings. The summed E-state index contributed by atoms with van der Waals surface area (Å²) in [4.78, 5) is 0. The molecule has 0 aliphatic heterocycles. The van der Waals surface area contributed by atoms with Gasteiger partial charge in [0.15, 0.2) is 6.71 Å². The zero-order chi connectivity index (χ0) is 12.8. The largest absolute Gasteiger partial charge is 0.376 e. The first kappa shape index (κ1) is 13.7. The summed E-state index contributed by atoms with van der Waals surface area (Å²) in [5.41, 5.74) is 2.71. The molecule has 1 nitrogen and oxygen atoms in total. The van der Waals surface area contributed by atoms with Crippen LogP contribution in [0.15, 0.2) is 24.3 Å². The average molecular weight is 244 g/mol. The molecule has 18 heavy (non-hydrogen) atoms. The molecule has 2 heteroatoms. The Labute approximate surface area is 112 Å². The van der Waals surface area contributed by atoms with Crippen molar-refractivity contribution in [1.29, 1.82) is 0 Å². The van der Waals surface area contributed by atoms with E-state index < -0.39 is 0 Å². The summed E-state index contributed by atoms with van der Waals surface area (Å²) in [6, 6.07) is 8.86. The van der Waals surface area contributed by atoms with Gasteiger partial charge in [-0.15, -0.1) is 0 Å². The SMILES string of the molecule is CB(C)c1ccc(COCC2CCCCC2)cc1. The quantitative estimate of drug-likeness (QED) is 0.717. The lowest BCUT2D eigenvalue weighted by Crippen LogP contribution is -2.22. The minimum atomic E-state index is 0.613. The van der Waals surface area contributed by atoms with Crippen LogP contribution in [-0.4, -0.2) is 13.3 Å². The maximum absolute atomic E-state index is 5.86. The summed E-state index contributed by atoms with van der Waals surface area (Å²) in [6.07, 6.45) is 6.96. The lowest BCUT2D eigenvalue weighted by atomic mass is 9.49. The minimum absolute atomic E-state index is 0.613.